The largest absolute Gasteiger partial charge is 0.475 e. The first-order valence-corrected chi connectivity index (χ1v) is 4.32. The van der Waals surface area contributed by atoms with Crippen molar-refractivity contribution >= 4 is 16.9 Å². The fourth-order valence-electron chi connectivity index (χ4n) is 1.50. The van der Waals surface area contributed by atoms with Crippen LogP contribution in [0.4, 0.5) is 0 Å². The Labute approximate surface area is 81.0 Å². The molecule has 3 nitrogen and oxygen atoms in total. The average molecular weight is 190 g/mol. The van der Waals surface area contributed by atoms with E-state index in [1.54, 1.807) is 6.07 Å². The number of rotatable bonds is 1. The Bertz CT molecular complexity index is 469. The molecular weight excluding hydrogens is 180 g/mol. The van der Waals surface area contributed by atoms with E-state index in [1.807, 2.05) is 26.0 Å². The monoisotopic (exact) mass is 190 g/mol. The van der Waals surface area contributed by atoms with Gasteiger partial charge in [0.15, 0.2) is 0 Å². The lowest BCUT2D eigenvalue weighted by atomic mass is 10.1. The Morgan fingerprint density at radius 3 is 2.50 bits per heavy atom. The summed E-state index contributed by atoms with van der Waals surface area (Å²) in [6, 6.07) is 5.45. The number of hydrogen-bond donors (Lipinski definition) is 1. The molecule has 14 heavy (non-hydrogen) atoms. The fourth-order valence-corrected chi connectivity index (χ4v) is 1.50. The number of hydrogen-bond acceptors (Lipinski definition) is 2. The Kier molecular flexibility index (Phi) is 1.81. The van der Waals surface area contributed by atoms with Crippen LogP contribution in [0.15, 0.2) is 22.6 Å². The second-order valence-electron chi connectivity index (χ2n) is 3.36. The molecule has 0 aliphatic rings. The maximum absolute atomic E-state index is 10.7. The summed E-state index contributed by atoms with van der Waals surface area (Å²) in [4.78, 5) is 10.7. The van der Waals surface area contributed by atoms with Crippen molar-refractivity contribution in [2.24, 2.45) is 0 Å². The smallest absolute Gasteiger partial charge is 0.371 e. The second-order valence-corrected chi connectivity index (χ2v) is 3.36. The number of carboxylic acid groups (broad SMARTS) is 1. The molecule has 0 radical (unpaired) electrons. The zero-order valence-electron chi connectivity index (χ0n) is 8.00. The molecule has 0 spiro atoms. The highest BCUT2D eigenvalue weighted by molar-refractivity contribution is 5.93. The third-order valence-electron chi connectivity index (χ3n) is 2.31. The lowest BCUT2D eigenvalue weighted by molar-refractivity contribution is 0.0665. The molecule has 1 N–H and O–H groups in total. The summed E-state index contributed by atoms with van der Waals surface area (Å²) in [7, 11) is 0. The van der Waals surface area contributed by atoms with Gasteiger partial charge in [0.25, 0.3) is 0 Å². The molecule has 72 valence electrons. The van der Waals surface area contributed by atoms with Crippen molar-refractivity contribution < 1.29 is 14.3 Å². The SMILES string of the molecule is Cc1ccc(C)c2oc(C(=O)O)cc12. The van der Waals surface area contributed by atoms with Gasteiger partial charge in [0.05, 0.1) is 0 Å². The molecule has 2 rings (SSSR count). The van der Waals surface area contributed by atoms with Crippen molar-refractivity contribution in [3.63, 3.8) is 0 Å². The van der Waals surface area contributed by atoms with Crippen LogP contribution in [-0.4, -0.2) is 11.1 Å². The van der Waals surface area contributed by atoms with Gasteiger partial charge >= 0.3 is 5.97 Å². The van der Waals surface area contributed by atoms with Crippen LogP contribution in [0.2, 0.25) is 0 Å². The topological polar surface area (TPSA) is 50.4 Å². The number of aromatic carboxylic acids is 1. The van der Waals surface area contributed by atoms with Gasteiger partial charge in [-0.25, -0.2) is 4.79 Å². The summed E-state index contributed by atoms with van der Waals surface area (Å²) >= 11 is 0. The van der Waals surface area contributed by atoms with Crippen LogP contribution in [0.25, 0.3) is 11.0 Å². The first-order valence-electron chi connectivity index (χ1n) is 4.32. The van der Waals surface area contributed by atoms with Gasteiger partial charge in [-0.05, 0) is 31.0 Å². The van der Waals surface area contributed by atoms with Crippen LogP contribution in [0.3, 0.4) is 0 Å². The molecule has 0 atom stereocenters. The van der Waals surface area contributed by atoms with E-state index >= 15 is 0 Å². The van der Waals surface area contributed by atoms with Crippen molar-refractivity contribution in [1.82, 2.24) is 0 Å². The van der Waals surface area contributed by atoms with Crippen LogP contribution in [0.1, 0.15) is 21.7 Å². The van der Waals surface area contributed by atoms with E-state index < -0.39 is 5.97 Å². The number of fused-ring (bicyclic) bond motifs is 1. The molecule has 0 amide bonds. The predicted molar refractivity (Wildman–Crippen MR) is 52.6 cm³/mol. The average Bonchev–Trinajstić information content (AvgIpc) is 2.57. The molecule has 0 aliphatic carbocycles. The van der Waals surface area contributed by atoms with E-state index in [1.165, 1.54) is 0 Å². The molecule has 0 bridgehead atoms. The molecule has 1 aromatic carbocycles. The lowest BCUT2D eigenvalue weighted by Gasteiger charge is -1.96. The van der Waals surface area contributed by atoms with E-state index in [0.29, 0.717) is 5.58 Å². The molecule has 1 aromatic heterocycles. The van der Waals surface area contributed by atoms with Crippen LogP contribution in [0.5, 0.6) is 0 Å². The Balaban J connectivity index is 2.82. The third-order valence-corrected chi connectivity index (χ3v) is 2.31. The Morgan fingerprint density at radius 2 is 1.93 bits per heavy atom. The molecule has 0 unspecified atom stereocenters. The molecular formula is C11H10O3. The Morgan fingerprint density at radius 1 is 1.29 bits per heavy atom. The highest BCUT2D eigenvalue weighted by Crippen LogP contribution is 2.25. The van der Waals surface area contributed by atoms with Crippen LogP contribution in [0, 0.1) is 13.8 Å². The van der Waals surface area contributed by atoms with Crippen molar-refractivity contribution in [2.45, 2.75) is 13.8 Å². The number of benzene rings is 1. The standard InChI is InChI=1S/C11H10O3/c1-6-3-4-7(2)10-8(6)5-9(14-10)11(12)13/h3-5H,1-2H3,(H,12,13). The van der Waals surface area contributed by atoms with E-state index in [-0.39, 0.29) is 5.76 Å². The van der Waals surface area contributed by atoms with Crippen molar-refractivity contribution in [2.75, 3.05) is 0 Å². The van der Waals surface area contributed by atoms with Crippen molar-refractivity contribution in [1.29, 1.82) is 0 Å². The van der Waals surface area contributed by atoms with Gasteiger partial charge in [-0.2, -0.15) is 0 Å². The number of carbonyl (C=O) groups is 1. The second kappa shape index (κ2) is 2.87. The molecule has 3 heteroatoms. The molecule has 0 saturated heterocycles. The number of carboxylic acids is 1. The fraction of sp³-hybridized carbons (Fsp3) is 0.182. The molecule has 0 saturated carbocycles. The minimum Gasteiger partial charge on any atom is -0.475 e. The molecule has 1 heterocycles. The van der Waals surface area contributed by atoms with Crippen LogP contribution in [-0.2, 0) is 0 Å². The van der Waals surface area contributed by atoms with Crippen LogP contribution >= 0.6 is 0 Å². The normalized spacial score (nSPS) is 10.7. The first kappa shape index (κ1) is 8.81. The quantitative estimate of drug-likeness (QED) is 0.752. The van der Waals surface area contributed by atoms with Crippen molar-refractivity contribution in [3.05, 3.63) is 35.1 Å². The molecule has 2 aromatic rings. The Hall–Kier alpha value is -1.77. The summed E-state index contributed by atoms with van der Waals surface area (Å²) in [5.41, 5.74) is 2.65. The number of aryl methyl sites for hydroxylation is 2. The number of furan rings is 1. The van der Waals surface area contributed by atoms with Gasteiger partial charge in [-0.15, -0.1) is 0 Å². The lowest BCUT2D eigenvalue weighted by Crippen LogP contribution is -1.91. The maximum atomic E-state index is 10.7. The summed E-state index contributed by atoms with van der Waals surface area (Å²) in [5, 5.41) is 9.65. The minimum atomic E-state index is -1.03. The highest BCUT2D eigenvalue weighted by atomic mass is 16.4. The van der Waals surface area contributed by atoms with Gasteiger partial charge < -0.3 is 9.52 Å². The van der Waals surface area contributed by atoms with E-state index in [2.05, 4.69) is 0 Å². The van der Waals surface area contributed by atoms with E-state index in [4.69, 9.17) is 9.52 Å². The minimum absolute atomic E-state index is 0.00241. The maximum Gasteiger partial charge on any atom is 0.371 e. The van der Waals surface area contributed by atoms with Gasteiger partial charge in [0, 0.05) is 5.39 Å². The van der Waals surface area contributed by atoms with Gasteiger partial charge in [-0.3, -0.25) is 0 Å². The van der Waals surface area contributed by atoms with E-state index in [0.717, 1.165) is 16.5 Å². The van der Waals surface area contributed by atoms with E-state index in [9.17, 15) is 4.79 Å². The summed E-state index contributed by atoms with van der Waals surface area (Å²) < 4.78 is 5.24. The predicted octanol–water partition coefficient (Wildman–Crippen LogP) is 2.75. The molecule has 0 fully saturated rings. The van der Waals surface area contributed by atoms with Gasteiger partial charge in [0.1, 0.15) is 5.58 Å². The first-order chi connectivity index (χ1) is 6.59. The van der Waals surface area contributed by atoms with Gasteiger partial charge in [0.2, 0.25) is 5.76 Å². The van der Waals surface area contributed by atoms with Gasteiger partial charge in [-0.1, -0.05) is 12.1 Å². The highest BCUT2D eigenvalue weighted by Gasteiger charge is 2.12. The molecule has 0 aliphatic heterocycles. The summed E-state index contributed by atoms with van der Waals surface area (Å²) in [5.74, 6) is -1.03. The van der Waals surface area contributed by atoms with Crippen LogP contribution < -0.4 is 0 Å². The van der Waals surface area contributed by atoms with Crippen molar-refractivity contribution in [3.8, 4) is 0 Å². The summed E-state index contributed by atoms with van der Waals surface area (Å²) in [6.45, 7) is 3.83. The zero-order chi connectivity index (χ0) is 10.3. The third kappa shape index (κ3) is 1.18. The zero-order valence-corrected chi connectivity index (χ0v) is 8.00. The summed E-state index contributed by atoms with van der Waals surface area (Å²) in [6.07, 6.45) is 0.